The third kappa shape index (κ3) is 6.41. The topological polar surface area (TPSA) is 41.6 Å². The summed E-state index contributed by atoms with van der Waals surface area (Å²) in [4.78, 5) is 13.9. The fourth-order valence-corrected chi connectivity index (χ4v) is 3.42. The van der Waals surface area contributed by atoms with Crippen molar-refractivity contribution in [1.29, 1.82) is 0 Å². The number of nitrogens with zero attached hydrogens (tertiary/aromatic N) is 1. The van der Waals surface area contributed by atoms with Crippen molar-refractivity contribution in [3.63, 3.8) is 0 Å². The van der Waals surface area contributed by atoms with Crippen molar-refractivity contribution in [2.45, 2.75) is 12.6 Å². The largest absolute Gasteiger partial charge is 0.411 e. The molecule has 24 heavy (non-hydrogen) atoms. The van der Waals surface area contributed by atoms with Crippen LogP contribution in [0.25, 0.3) is 0 Å². The summed E-state index contributed by atoms with van der Waals surface area (Å²) in [6, 6.07) is 5.22. The molecule has 1 amide bonds. The van der Waals surface area contributed by atoms with E-state index in [4.69, 9.17) is 11.6 Å². The van der Waals surface area contributed by atoms with Crippen LogP contribution in [-0.4, -0.2) is 49.9 Å². The van der Waals surface area contributed by atoms with E-state index >= 15 is 0 Å². The van der Waals surface area contributed by atoms with E-state index in [-0.39, 0.29) is 13.0 Å². The van der Waals surface area contributed by atoms with Crippen molar-refractivity contribution in [1.82, 2.24) is 0 Å². The maximum absolute atomic E-state index is 11.9. The lowest BCUT2D eigenvalue weighted by molar-refractivity contribution is -0.174. The molecular weight excluding hydrogens is 365 g/mol. The van der Waals surface area contributed by atoms with Crippen LogP contribution in [0.4, 0.5) is 24.5 Å². The maximum Gasteiger partial charge on any atom is 0.411 e. The third-order valence-corrected chi connectivity index (χ3v) is 4.57. The minimum atomic E-state index is -4.38. The minimum absolute atomic E-state index is 0.154. The molecule has 0 atom stereocenters. The van der Waals surface area contributed by atoms with Crippen LogP contribution >= 0.6 is 23.4 Å². The number of nitrogens with one attached hydrogen (secondary N) is 1. The Bertz CT molecular complexity index is 566. The number of ether oxygens (including phenoxy) is 1. The van der Waals surface area contributed by atoms with Gasteiger partial charge in [-0.05, 0) is 18.2 Å². The number of benzene rings is 1. The molecule has 0 spiro atoms. The molecule has 0 unspecified atom stereocenters. The second kappa shape index (κ2) is 8.82. The SMILES string of the molecule is O=C(CCOCC(F)(F)F)Nc1ccc(N2CCSCC2)c(Cl)c1. The normalized spacial score (nSPS) is 15.4. The number of carbonyl (C=O) groups excluding carboxylic acids is 1. The average Bonchev–Trinajstić information content (AvgIpc) is 2.52. The van der Waals surface area contributed by atoms with E-state index in [1.165, 1.54) is 0 Å². The quantitative estimate of drug-likeness (QED) is 0.760. The molecule has 9 heteroatoms. The Hall–Kier alpha value is -1.12. The van der Waals surface area contributed by atoms with E-state index < -0.39 is 18.7 Å². The van der Waals surface area contributed by atoms with Crippen LogP contribution in [-0.2, 0) is 9.53 Å². The lowest BCUT2D eigenvalue weighted by atomic mass is 10.2. The predicted octanol–water partition coefficient (Wildman–Crippen LogP) is 3.80. The number of anilines is 2. The van der Waals surface area contributed by atoms with Crippen LogP contribution in [0, 0.1) is 0 Å². The van der Waals surface area contributed by atoms with Crippen molar-refractivity contribution in [3.05, 3.63) is 23.2 Å². The summed E-state index contributed by atoms with van der Waals surface area (Å²) in [6.45, 7) is 0.205. The van der Waals surface area contributed by atoms with Crippen LogP contribution in [0.15, 0.2) is 18.2 Å². The molecule has 1 N–H and O–H groups in total. The number of halogens is 4. The molecular formula is C15H18ClF3N2O2S. The molecule has 0 aliphatic carbocycles. The highest BCUT2D eigenvalue weighted by Crippen LogP contribution is 2.30. The predicted molar refractivity (Wildman–Crippen MR) is 91.1 cm³/mol. The lowest BCUT2D eigenvalue weighted by Crippen LogP contribution is -2.32. The van der Waals surface area contributed by atoms with Gasteiger partial charge in [-0.25, -0.2) is 0 Å². The summed E-state index contributed by atoms with van der Waals surface area (Å²) in [6.07, 6.45) is -4.54. The third-order valence-electron chi connectivity index (χ3n) is 3.32. The first-order valence-electron chi connectivity index (χ1n) is 7.42. The Labute approximate surface area is 147 Å². The van der Waals surface area contributed by atoms with Gasteiger partial charge in [-0.15, -0.1) is 0 Å². The zero-order valence-corrected chi connectivity index (χ0v) is 14.4. The molecule has 0 aromatic heterocycles. The molecule has 0 bridgehead atoms. The molecule has 0 saturated carbocycles. The first-order valence-corrected chi connectivity index (χ1v) is 8.95. The number of amides is 1. The van der Waals surface area contributed by atoms with Gasteiger partial charge in [0.25, 0.3) is 0 Å². The Morgan fingerprint density at radius 1 is 1.33 bits per heavy atom. The van der Waals surface area contributed by atoms with Gasteiger partial charge in [0.2, 0.25) is 5.91 Å². The molecule has 134 valence electrons. The fraction of sp³-hybridized carbons (Fsp3) is 0.533. The van der Waals surface area contributed by atoms with Gasteiger partial charge < -0.3 is 15.0 Å². The van der Waals surface area contributed by atoms with E-state index in [1.54, 1.807) is 12.1 Å². The lowest BCUT2D eigenvalue weighted by Gasteiger charge is -2.29. The summed E-state index contributed by atoms with van der Waals surface area (Å²) in [5, 5.41) is 3.14. The highest BCUT2D eigenvalue weighted by Gasteiger charge is 2.27. The first-order chi connectivity index (χ1) is 11.3. The van der Waals surface area contributed by atoms with E-state index in [1.807, 2.05) is 17.8 Å². The molecule has 2 rings (SSSR count). The number of carbonyl (C=O) groups is 1. The summed E-state index contributed by atoms with van der Waals surface area (Å²) in [7, 11) is 0. The molecule has 1 saturated heterocycles. The van der Waals surface area contributed by atoms with Crippen LogP contribution in [0.5, 0.6) is 0 Å². The van der Waals surface area contributed by atoms with Gasteiger partial charge in [-0.2, -0.15) is 24.9 Å². The smallest absolute Gasteiger partial charge is 0.372 e. The van der Waals surface area contributed by atoms with Crippen LogP contribution in [0.2, 0.25) is 5.02 Å². The molecule has 1 aromatic carbocycles. The van der Waals surface area contributed by atoms with Gasteiger partial charge in [0, 0.05) is 30.3 Å². The fourth-order valence-electron chi connectivity index (χ4n) is 2.22. The van der Waals surface area contributed by atoms with Gasteiger partial charge in [0.1, 0.15) is 6.61 Å². The number of thioether (sulfide) groups is 1. The van der Waals surface area contributed by atoms with Gasteiger partial charge in [-0.1, -0.05) is 11.6 Å². The second-order valence-electron chi connectivity index (χ2n) is 5.23. The Morgan fingerprint density at radius 3 is 2.67 bits per heavy atom. The average molecular weight is 383 g/mol. The number of hydrogen-bond donors (Lipinski definition) is 1. The molecule has 1 heterocycles. The Balaban J connectivity index is 1.82. The molecule has 1 aliphatic heterocycles. The molecule has 0 radical (unpaired) electrons. The van der Waals surface area contributed by atoms with Crippen molar-refractivity contribution in [2.24, 2.45) is 0 Å². The standard InChI is InChI=1S/C15H18ClF3N2O2S/c16-12-9-11(1-2-13(12)21-4-7-24-8-5-21)20-14(22)3-6-23-10-15(17,18)19/h1-2,9H,3-8,10H2,(H,20,22). The van der Waals surface area contributed by atoms with E-state index in [9.17, 15) is 18.0 Å². The Morgan fingerprint density at radius 2 is 2.04 bits per heavy atom. The highest BCUT2D eigenvalue weighted by atomic mass is 35.5. The highest BCUT2D eigenvalue weighted by molar-refractivity contribution is 7.99. The Kier molecular flexibility index (Phi) is 7.06. The van der Waals surface area contributed by atoms with E-state index in [0.717, 1.165) is 30.3 Å². The van der Waals surface area contributed by atoms with Gasteiger partial charge in [0.15, 0.2) is 0 Å². The molecule has 1 fully saturated rings. The zero-order chi connectivity index (χ0) is 17.6. The van der Waals surface area contributed by atoms with Gasteiger partial charge in [0.05, 0.1) is 23.7 Å². The van der Waals surface area contributed by atoms with Crippen molar-refractivity contribution in [2.75, 3.05) is 48.0 Å². The molecule has 1 aromatic rings. The van der Waals surface area contributed by atoms with Crippen LogP contribution < -0.4 is 10.2 Å². The van der Waals surface area contributed by atoms with Crippen LogP contribution in [0.3, 0.4) is 0 Å². The molecule has 1 aliphatic rings. The van der Waals surface area contributed by atoms with Crippen LogP contribution in [0.1, 0.15) is 6.42 Å². The summed E-state index contributed by atoms with van der Waals surface area (Å²) >= 11 is 8.17. The number of hydrogen-bond acceptors (Lipinski definition) is 4. The minimum Gasteiger partial charge on any atom is -0.372 e. The van der Waals surface area contributed by atoms with E-state index in [0.29, 0.717) is 10.7 Å². The van der Waals surface area contributed by atoms with Crippen molar-refractivity contribution in [3.8, 4) is 0 Å². The van der Waals surface area contributed by atoms with Crippen molar-refractivity contribution < 1.29 is 22.7 Å². The first kappa shape index (κ1) is 19.2. The van der Waals surface area contributed by atoms with E-state index in [2.05, 4.69) is 15.0 Å². The summed E-state index contributed by atoms with van der Waals surface area (Å²) < 4.78 is 40.2. The number of rotatable bonds is 6. The second-order valence-corrected chi connectivity index (χ2v) is 6.86. The van der Waals surface area contributed by atoms with Gasteiger partial charge in [-0.3, -0.25) is 4.79 Å². The summed E-state index contributed by atoms with van der Waals surface area (Å²) in [5.74, 6) is 1.68. The number of alkyl halides is 3. The van der Waals surface area contributed by atoms with Crippen molar-refractivity contribution >= 4 is 40.6 Å². The molecule has 4 nitrogen and oxygen atoms in total. The zero-order valence-electron chi connectivity index (χ0n) is 12.9. The summed E-state index contributed by atoms with van der Waals surface area (Å²) in [5.41, 5.74) is 1.43. The van der Waals surface area contributed by atoms with Gasteiger partial charge >= 0.3 is 6.18 Å². The maximum atomic E-state index is 11.9. The monoisotopic (exact) mass is 382 g/mol.